The molecule has 0 bridgehead atoms. The first-order valence-corrected chi connectivity index (χ1v) is 7.16. The van der Waals surface area contributed by atoms with E-state index in [1.165, 1.54) is 0 Å². The topological polar surface area (TPSA) is 107 Å². The SMILES string of the molecule is O=C(O)CSCC(=O)NCCN1C(=O)CC[C@H]1CO. The third-order valence-corrected chi connectivity index (χ3v) is 3.71. The molecule has 0 spiro atoms. The lowest BCUT2D eigenvalue weighted by Gasteiger charge is -2.23. The molecule has 8 heteroatoms. The lowest BCUT2D eigenvalue weighted by Crippen LogP contribution is -2.41. The zero-order valence-corrected chi connectivity index (χ0v) is 11.3. The Bertz CT molecular complexity index is 350. The van der Waals surface area contributed by atoms with E-state index in [4.69, 9.17) is 10.2 Å². The van der Waals surface area contributed by atoms with Crippen molar-refractivity contribution in [3.8, 4) is 0 Å². The Hall–Kier alpha value is -1.28. The van der Waals surface area contributed by atoms with Crippen LogP contribution in [0.1, 0.15) is 12.8 Å². The smallest absolute Gasteiger partial charge is 0.313 e. The molecule has 1 heterocycles. The molecule has 0 aliphatic carbocycles. The number of carbonyl (C=O) groups excluding carboxylic acids is 2. The van der Waals surface area contributed by atoms with Crippen molar-refractivity contribution in [2.24, 2.45) is 0 Å². The number of carboxylic acid groups (broad SMARTS) is 1. The van der Waals surface area contributed by atoms with Crippen molar-refractivity contribution in [2.75, 3.05) is 31.2 Å². The van der Waals surface area contributed by atoms with E-state index in [9.17, 15) is 14.4 Å². The van der Waals surface area contributed by atoms with E-state index in [0.29, 0.717) is 25.9 Å². The van der Waals surface area contributed by atoms with E-state index in [1.54, 1.807) is 4.90 Å². The van der Waals surface area contributed by atoms with Gasteiger partial charge in [-0.15, -0.1) is 11.8 Å². The molecule has 1 atom stereocenters. The molecule has 1 aliphatic heterocycles. The number of nitrogens with one attached hydrogen (secondary N) is 1. The van der Waals surface area contributed by atoms with E-state index in [0.717, 1.165) is 11.8 Å². The van der Waals surface area contributed by atoms with Crippen molar-refractivity contribution >= 4 is 29.5 Å². The molecule has 1 fully saturated rings. The second kappa shape index (κ2) is 8.00. The Labute approximate surface area is 115 Å². The standard InChI is InChI=1S/C11H18N2O5S/c14-5-8-1-2-10(16)13(8)4-3-12-9(15)6-19-7-11(17)18/h8,14H,1-7H2,(H,12,15)(H,17,18)/t8-/m0/s1. The Morgan fingerprint density at radius 2 is 2.16 bits per heavy atom. The zero-order chi connectivity index (χ0) is 14.3. The molecule has 7 nitrogen and oxygen atoms in total. The molecule has 1 rings (SSSR count). The van der Waals surface area contributed by atoms with Crippen LogP contribution in [0.3, 0.4) is 0 Å². The first kappa shape index (κ1) is 15.8. The van der Waals surface area contributed by atoms with Gasteiger partial charge in [0.05, 0.1) is 24.2 Å². The maximum absolute atomic E-state index is 11.5. The van der Waals surface area contributed by atoms with E-state index in [-0.39, 0.29) is 36.0 Å². The minimum atomic E-state index is -0.953. The van der Waals surface area contributed by atoms with Crippen LogP contribution in [0.15, 0.2) is 0 Å². The molecule has 19 heavy (non-hydrogen) atoms. The number of carbonyl (C=O) groups is 3. The second-order valence-electron chi connectivity index (χ2n) is 4.20. The van der Waals surface area contributed by atoms with Crippen LogP contribution in [0.25, 0.3) is 0 Å². The first-order valence-electron chi connectivity index (χ1n) is 6.01. The Morgan fingerprint density at radius 1 is 1.42 bits per heavy atom. The van der Waals surface area contributed by atoms with Gasteiger partial charge in [-0.3, -0.25) is 14.4 Å². The van der Waals surface area contributed by atoms with Gasteiger partial charge < -0.3 is 20.4 Å². The Balaban J connectivity index is 2.17. The highest BCUT2D eigenvalue weighted by Gasteiger charge is 2.29. The van der Waals surface area contributed by atoms with E-state index in [2.05, 4.69) is 5.32 Å². The van der Waals surface area contributed by atoms with Crippen LogP contribution < -0.4 is 5.32 Å². The van der Waals surface area contributed by atoms with Crippen LogP contribution >= 0.6 is 11.8 Å². The second-order valence-corrected chi connectivity index (χ2v) is 5.18. The fourth-order valence-electron chi connectivity index (χ4n) is 1.89. The molecule has 0 radical (unpaired) electrons. The molecule has 0 aromatic heterocycles. The average Bonchev–Trinajstić information content (AvgIpc) is 2.70. The summed E-state index contributed by atoms with van der Waals surface area (Å²) in [5.41, 5.74) is 0. The minimum absolute atomic E-state index is 0.00597. The van der Waals surface area contributed by atoms with Gasteiger partial charge in [0.1, 0.15) is 0 Å². The summed E-state index contributed by atoms with van der Waals surface area (Å²) in [5.74, 6) is -1.23. The number of rotatable bonds is 8. The van der Waals surface area contributed by atoms with E-state index in [1.807, 2.05) is 0 Å². The zero-order valence-electron chi connectivity index (χ0n) is 10.5. The van der Waals surface area contributed by atoms with Crippen LogP contribution in [0.4, 0.5) is 0 Å². The molecule has 1 aliphatic rings. The number of carboxylic acids is 1. The van der Waals surface area contributed by atoms with Crippen molar-refractivity contribution in [3.05, 3.63) is 0 Å². The van der Waals surface area contributed by atoms with Crippen LogP contribution in [0.2, 0.25) is 0 Å². The lowest BCUT2D eigenvalue weighted by molar-refractivity contribution is -0.134. The van der Waals surface area contributed by atoms with Crippen molar-refractivity contribution in [3.63, 3.8) is 0 Å². The minimum Gasteiger partial charge on any atom is -0.481 e. The third kappa shape index (κ3) is 5.48. The predicted molar refractivity (Wildman–Crippen MR) is 69.8 cm³/mol. The predicted octanol–water partition coefficient (Wildman–Crippen LogP) is -1.10. The molecule has 0 saturated carbocycles. The van der Waals surface area contributed by atoms with Gasteiger partial charge in [-0.25, -0.2) is 0 Å². The number of hydrogen-bond donors (Lipinski definition) is 3. The largest absolute Gasteiger partial charge is 0.481 e. The first-order chi connectivity index (χ1) is 9.04. The molecule has 2 amide bonds. The highest BCUT2D eigenvalue weighted by Crippen LogP contribution is 2.17. The fourth-order valence-corrected chi connectivity index (χ4v) is 2.45. The summed E-state index contributed by atoms with van der Waals surface area (Å²) >= 11 is 1.03. The average molecular weight is 290 g/mol. The molecule has 0 unspecified atom stereocenters. The number of thioether (sulfide) groups is 1. The van der Waals surface area contributed by atoms with Gasteiger partial charge in [0.25, 0.3) is 0 Å². The molecule has 108 valence electrons. The normalized spacial score (nSPS) is 18.7. The fraction of sp³-hybridized carbons (Fsp3) is 0.727. The summed E-state index contributed by atoms with van der Waals surface area (Å²) in [6.45, 7) is 0.627. The van der Waals surface area contributed by atoms with E-state index < -0.39 is 5.97 Å². The quantitative estimate of drug-likeness (QED) is 0.524. The van der Waals surface area contributed by atoms with Gasteiger partial charge in [0.15, 0.2) is 0 Å². The molecular weight excluding hydrogens is 272 g/mol. The lowest BCUT2D eigenvalue weighted by atomic mass is 10.2. The Kier molecular flexibility index (Phi) is 6.65. The third-order valence-electron chi connectivity index (χ3n) is 2.80. The van der Waals surface area contributed by atoms with Crippen molar-refractivity contribution < 1.29 is 24.6 Å². The summed E-state index contributed by atoms with van der Waals surface area (Å²) in [7, 11) is 0. The Morgan fingerprint density at radius 3 is 2.79 bits per heavy atom. The molecule has 0 aromatic rings. The van der Waals surface area contributed by atoms with Crippen LogP contribution in [-0.4, -0.2) is 70.1 Å². The summed E-state index contributed by atoms with van der Waals surface area (Å²) < 4.78 is 0. The van der Waals surface area contributed by atoms with Crippen LogP contribution in [0, 0.1) is 0 Å². The number of aliphatic carboxylic acids is 1. The summed E-state index contributed by atoms with van der Waals surface area (Å²) in [5, 5.41) is 20.1. The number of aliphatic hydroxyl groups is 1. The van der Waals surface area contributed by atoms with Crippen LogP contribution in [-0.2, 0) is 14.4 Å². The van der Waals surface area contributed by atoms with Gasteiger partial charge in [-0.2, -0.15) is 0 Å². The highest BCUT2D eigenvalue weighted by atomic mass is 32.2. The van der Waals surface area contributed by atoms with Gasteiger partial charge in [-0.1, -0.05) is 0 Å². The molecule has 3 N–H and O–H groups in total. The van der Waals surface area contributed by atoms with Crippen molar-refractivity contribution in [1.82, 2.24) is 10.2 Å². The molecule has 0 aromatic carbocycles. The number of likely N-dealkylation sites (tertiary alicyclic amines) is 1. The number of hydrogen-bond acceptors (Lipinski definition) is 5. The monoisotopic (exact) mass is 290 g/mol. The van der Waals surface area contributed by atoms with Gasteiger partial charge in [-0.05, 0) is 6.42 Å². The van der Waals surface area contributed by atoms with Gasteiger partial charge in [0.2, 0.25) is 11.8 Å². The van der Waals surface area contributed by atoms with Gasteiger partial charge >= 0.3 is 5.97 Å². The van der Waals surface area contributed by atoms with E-state index >= 15 is 0 Å². The van der Waals surface area contributed by atoms with Crippen molar-refractivity contribution in [1.29, 1.82) is 0 Å². The maximum Gasteiger partial charge on any atom is 0.313 e. The summed E-state index contributed by atoms with van der Waals surface area (Å²) in [6, 6.07) is -0.147. The van der Waals surface area contributed by atoms with Gasteiger partial charge in [0, 0.05) is 19.5 Å². The highest BCUT2D eigenvalue weighted by molar-refractivity contribution is 8.00. The van der Waals surface area contributed by atoms with Crippen LogP contribution in [0.5, 0.6) is 0 Å². The molecular formula is C11H18N2O5S. The summed E-state index contributed by atoms with van der Waals surface area (Å²) in [4.78, 5) is 34.7. The number of nitrogens with zero attached hydrogens (tertiary/aromatic N) is 1. The number of amides is 2. The summed E-state index contributed by atoms with van der Waals surface area (Å²) in [6.07, 6.45) is 1.09. The van der Waals surface area contributed by atoms with Crippen molar-refractivity contribution in [2.45, 2.75) is 18.9 Å². The maximum atomic E-state index is 11.5. The number of aliphatic hydroxyl groups excluding tert-OH is 1. The molecule has 1 saturated heterocycles.